The van der Waals surface area contributed by atoms with Crippen LogP contribution in [0.1, 0.15) is 16.6 Å². The van der Waals surface area contributed by atoms with Crippen LogP contribution in [0.15, 0.2) is 30.5 Å². The van der Waals surface area contributed by atoms with Crippen LogP contribution in [0.3, 0.4) is 0 Å². The highest BCUT2D eigenvalue weighted by atomic mass is 16.8. The van der Waals surface area contributed by atoms with Gasteiger partial charge in [-0.25, -0.2) is 9.59 Å². The summed E-state index contributed by atoms with van der Waals surface area (Å²) in [6.45, 7) is 0.123. The maximum atomic E-state index is 11.7. The maximum absolute atomic E-state index is 11.7. The van der Waals surface area contributed by atoms with E-state index in [1.165, 1.54) is 7.11 Å². The highest BCUT2D eigenvalue weighted by Gasteiger charge is 2.29. The van der Waals surface area contributed by atoms with Gasteiger partial charge < -0.3 is 18.8 Å². The van der Waals surface area contributed by atoms with Gasteiger partial charge in [0, 0.05) is 11.6 Å². The summed E-state index contributed by atoms with van der Waals surface area (Å²) in [6, 6.07) is 7.33. The molecule has 2 aromatic rings. The Morgan fingerprint density at radius 1 is 1.42 bits per heavy atom. The topological polar surface area (TPSA) is 66.8 Å². The van der Waals surface area contributed by atoms with Crippen molar-refractivity contribution >= 4 is 23.0 Å². The van der Waals surface area contributed by atoms with Crippen molar-refractivity contribution in [3.63, 3.8) is 0 Å². The molecule has 3 rings (SSSR count). The van der Waals surface area contributed by atoms with Gasteiger partial charge in [-0.2, -0.15) is 0 Å². The second kappa shape index (κ2) is 4.31. The van der Waals surface area contributed by atoms with E-state index in [9.17, 15) is 9.59 Å². The van der Waals surface area contributed by atoms with Crippen LogP contribution < -0.4 is 0 Å². The Kier molecular flexibility index (Phi) is 2.63. The van der Waals surface area contributed by atoms with Crippen LogP contribution in [0.4, 0.5) is 4.79 Å². The number of cyclic esters (lactones) is 2. The van der Waals surface area contributed by atoms with Crippen LogP contribution in [0.5, 0.6) is 0 Å². The van der Waals surface area contributed by atoms with E-state index in [2.05, 4.69) is 0 Å². The van der Waals surface area contributed by atoms with Gasteiger partial charge in [-0.05, 0) is 6.07 Å². The monoisotopic (exact) mass is 261 g/mol. The molecule has 0 saturated carbocycles. The number of para-hydroxylation sites is 1. The maximum Gasteiger partial charge on any atom is 0.510 e. The molecule has 1 aliphatic heterocycles. The Labute approximate surface area is 108 Å². The van der Waals surface area contributed by atoms with E-state index in [1.54, 1.807) is 10.8 Å². The molecule has 0 radical (unpaired) electrons. The number of fused-ring (bicyclic) bond motifs is 1. The summed E-state index contributed by atoms with van der Waals surface area (Å²) >= 11 is 0. The third kappa shape index (κ3) is 1.81. The molecule has 98 valence electrons. The Balaban J connectivity index is 2.14. The van der Waals surface area contributed by atoms with E-state index >= 15 is 0 Å². The Bertz CT molecular complexity index is 660. The van der Waals surface area contributed by atoms with Gasteiger partial charge in [-0.1, -0.05) is 18.2 Å². The SMILES string of the molecule is COC(=O)c1cn(C2COC(=O)O2)c2ccccc12. The van der Waals surface area contributed by atoms with Gasteiger partial charge in [0.05, 0.1) is 18.2 Å². The molecule has 19 heavy (non-hydrogen) atoms. The normalized spacial score (nSPS) is 18.2. The van der Waals surface area contributed by atoms with Gasteiger partial charge >= 0.3 is 12.1 Å². The molecule has 1 fully saturated rings. The lowest BCUT2D eigenvalue weighted by Gasteiger charge is -2.09. The van der Waals surface area contributed by atoms with E-state index in [1.807, 2.05) is 24.3 Å². The number of benzene rings is 1. The fourth-order valence-electron chi connectivity index (χ4n) is 2.17. The summed E-state index contributed by atoms with van der Waals surface area (Å²) in [6.07, 6.45) is 0.349. The lowest BCUT2D eigenvalue weighted by atomic mass is 10.2. The molecular weight excluding hydrogens is 250 g/mol. The van der Waals surface area contributed by atoms with E-state index in [0.29, 0.717) is 5.56 Å². The number of esters is 1. The first-order valence-corrected chi connectivity index (χ1v) is 5.72. The van der Waals surface area contributed by atoms with E-state index in [0.717, 1.165) is 10.9 Å². The van der Waals surface area contributed by atoms with Crippen LogP contribution >= 0.6 is 0 Å². The quantitative estimate of drug-likeness (QED) is 0.774. The number of nitrogens with zero attached hydrogens (tertiary/aromatic N) is 1. The highest BCUT2D eigenvalue weighted by molar-refractivity contribution is 6.04. The van der Waals surface area contributed by atoms with Crippen molar-refractivity contribution in [2.75, 3.05) is 13.7 Å². The summed E-state index contributed by atoms with van der Waals surface area (Å²) in [7, 11) is 1.33. The van der Waals surface area contributed by atoms with Crippen molar-refractivity contribution in [2.24, 2.45) is 0 Å². The molecule has 0 aliphatic carbocycles. The number of rotatable bonds is 2. The van der Waals surface area contributed by atoms with Crippen molar-refractivity contribution in [3.05, 3.63) is 36.0 Å². The molecule has 2 heterocycles. The second-order valence-corrected chi connectivity index (χ2v) is 4.09. The average molecular weight is 261 g/mol. The minimum atomic E-state index is -0.706. The van der Waals surface area contributed by atoms with Crippen molar-refractivity contribution in [2.45, 2.75) is 6.23 Å². The Hall–Kier alpha value is -2.50. The number of carbonyl (C=O) groups excluding carboxylic acids is 2. The van der Waals surface area contributed by atoms with Crippen molar-refractivity contribution in [3.8, 4) is 0 Å². The number of methoxy groups -OCH3 is 1. The first kappa shape index (κ1) is 11.6. The van der Waals surface area contributed by atoms with Gasteiger partial charge in [0.15, 0.2) is 6.61 Å². The highest BCUT2D eigenvalue weighted by Crippen LogP contribution is 2.28. The van der Waals surface area contributed by atoms with Gasteiger partial charge in [0.25, 0.3) is 0 Å². The molecule has 1 atom stereocenters. The van der Waals surface area contributed by atoms with Crippen molar-refractivity contribution < 1.29 is 23.8 Å². The summed E-state index contributed by atoms with van der Waals surface area (Å²) in [5.74, 6) is -0.430. The summed E-state index contributed by atoms with van der Waals surface area (Å²) < 4.78 is 16.2. The van der Waals surface area contributed by atoms with E-state index < -0.39 is 18.4 Å². The zero-order valence-electron chi connectivity index (χ0n) is 10.2. The lowest BCUT2D eigenvalue weighted by molar-refractivity contribution is 0.0602. The number of carbonyl (C=O) groups is 2. The fraction of sp³-hybridized carbons (Fsp3) is 0.231. The first-order chi connectivity index (χ1) is 9.20. The molecule has 0 N–H and O–H groups in total. The fourth-order valence-corrected chi connectivity index (χ4v) is 2.17. The van der Waals surface area contributed by atoms with Gasteiger partial charge in [0.1, 0.15) is 0 Å². The van der Waals surface area contributed by atoms with Gasteiger partial charge in [0.2, 0.25) is 6.23 Å². The predicted octanol–water partition coefficient (Wildman–Crippen LogP) is 2.09. The van der Waals surface area contributed by atoms with Crippen LogP contribution in [-0.4, -0.2) is 30.4 Å². The minimum absolute atomic E-state index is 0.123. The molecule has 6 nitrogen and oxygen atoms in total. The van der Waals surface area contributed by atoms with Gasteiger partial charge in [-0.15, -0.1) is 0 Å². The standard InChI is InChI=1S/C13H11NO5/c1-17-12(15)9-6-14(11-7-18-13(16)19-11)10-5-3-2-4-8(9)10/h2-6,11H,7H2,1H3. The van der Waals surface area contributed by atoms with E-state index in [4.69, 9.17) is 14.2 Å². The first-order valence-electron chi connectivity index (χ1n) is 5.72. The van der Waals surface area contributed by atoms with Crippen LogP contribution in [0.25, 0.3) is 10.9 Å². The zero-order chi connectivity index (χ0) is 13.4. The van der Waals surface area contributed by atoms with Gasteiger partial charge in [-0.3, -0.25) is 0 Å². The summed E-state index contributed by atoms with van der Waals surface area (Å²) in [5.41, 5.74) is 1.22. The Morgan fingerprint density at radius 2 is 2.21 bits per heavy atom. The van der Waals surface area contributed by atoms with Crippen LogP contribution in [0.2, 0.25) is 0 Å². The van der Waals surface area contributed by atoms with Crippen LogP contribution in [-0.2, 0) is 14.2 Å². The molecular formula is C13H11NO5. The summed E-state index contributed by atoms with van der Waals surface area (Å²) in [4.78, 5) is 22.8. The number of hydrogen-bond donors (Lipinski definition) is 0. The molecule has 1 aliphatic rings. The zero-order valence-corrected chi connectivity index (χ0v) is 10.2. The number of ether oxygens (including phenoxy) is 3. The molecule has 1 aromatic carbocycles. The van der Waals surface area contributed by atoms with E-state index in [-0.39, 0.29) is 6.61 Å². The van der Waals surface area contributed by atoms with Crippen LogP contribution in [0, 0.1) is 0 Å². The molecule has 0 bridgehead atoms. The second-order valence-electron chi connectivity index (χ2n) is 4.09. The largest absolute Gasteiger partial charge is 0.510 e. The smallest absolute Gasteiger partial charge is 0.465 e. The molecule has 0 spiro atoms. The molecule has 0 amide bonds. The van der Waals surface area contributed by atoms with Crippen molar-refractivity contribution in [1.29, 1.82) is 0 Å². The lowest BCUT2D eigenvalue weighted by Crippen LogP contribution is -2.09. The number of aromatic nitrogens is 1. The number of hydrogen-bond acceptors (Lipinski definition) is 5. The summed E-state index contributed by atoms with van der Waals surface area (Å²) in [5, 5.41) is 0.747. The third-order valence-corrected chi connectivity index (χ3v) is 3.03. The molecule has 6 heteroatoms. The predicted molar refractivity (Wildman–Crippen MR) is 64.7 cm³/mol. The third-order valence-electron chi connectivity index (χ3n) is 3.03. The molecule has 1 unspecified atom stereocenters. The Morgan fingerprint density at radius 3 is 2.89 bits per heavy atom. The molecule has 1 aromatic heterocycles. The van der Waals surface area contributed by atoms with Crippen molar-refractivity contribution in [1.82, 2.24) is 4.57 Å². The average Bonchev–Trinajstić information content (AvgIpc) is 3.01. The molecule has 1 saturated heterocycles. The minimum Gasteiger partial charge on any atom is -0.465 e.